The molecule has 0 aliphatic carbocycles. The quantitative estimate of drug-likeness (QED) is 0.508. The van der Waals surface area contributed by atoms with Crippen molar-refractivity contribution in [3.05, 3.63) is 27.4 Å². The summed E-state index contributed by atoms with van der Waals surface area (Å²) in [6.07, 6.45) is -10.0. The summed E-state index contributed by atoms with van der Waals surface area (Å²) >= 11 is 0. The summed E-state index contributed by atoms with van der Waals surface area (Å²) in [4.78, 5) is 22.8. The first-order valence-electron chi connectivity index (χ1n) is 4.95. The van der Waals surface area contributed by atoms with E-state index in [0.717, 1.165) is 0 Å². The third-order valence-electron chi connectivity index (χ3n) is 2.03. The number of pyridine rings is 1. The Balaban J connectivity index is 3.49. The molecule has 0 spiro atoms. The molecule has 1 N–H and O–H groups in total. The zero-order valence-electron chi connectivity index (χ0n) is 9.73. The number of carbonyl (C=O) groups is 1. The molecule has 7 nitrogen and oxygen atoms in total. The number of aromatic nitrogens is 1. The van der Waals surface area contributed by atoms with E-state index in [0.29, 0.717) is 0 Å². The Morgan fingerprint density at radius 3 is 2.43 bits per heavy atom. The molecular formula is C9H5F5N2O5. The van der Waals surface area contributed by atoms with Crippen molar-refractivity contribution in [1.29, 1.82) is 0 Å². The summed E-state index contributed by atoms with van der Waals surface area (Å²) in [6.45, 7) is 0. The van der Waals surface area contributed by atoms with Crippen LogP contribution < -0.4 is 4.74 Å². The number of alkyl halides is 5. The van der Waals surface area contributed by atoms with Crippen LogP contribution in [0.15, 0.2) is 6.07 Å². The van der Waals surface area contributed by atoms with Crippen LogP contribution in [0.1, 0.15) is 17.7 Å². The lowest BCUT2D eigenvalue weighted by Crippen LogP contribution is -2.19. The Bertz CT molecular complexity index is 574. The van der Waals surface area contributed by atoms with Crippen molar-refractivity contribution < 1.29 is 41.5 Å². The van der Waals surface area contributed by atoms with Crippen molar-refractivity contribution in [3.63, 3.8) is 0 Å². The SMILES string of the molecule is O=C(O)Cc1nc(OC(F)(F)F)cc(C(F)F)c1[N+](=O)[O-]. The maximum atomic E-state index is 12.7. The van der Waals surface area contributed by atoms with Gasteiger partial charge in [0.2, 0.25) is 5.88 Å². The summed E-state index contributed by atoms with van der Waals surface area (Å²) in [5.74, 6) is -3.10. The zero-order valence-corrected chi connectivity index (χ0v) is 9.73. The van der Waals surface area contributed by atoms with Gasteiger partial charge in [-0.15, -0.1) is 13.2 Å². The lowest BCUT2D eigenvalue weighted by atomic mass is 10.1. The zero-order chi connectivity index (χ0) is 16.4. The average Bonchev–Trinajstić information content (AvgIpc) is 2.24. The summed E-state index contributed by atoms with van der Waals surface area (Å²) in [5, 5.41) is 19.2. The number of rotatable bonds is 5. The molecule has 0 radical (unpaired) electrons. The predicted molar refractivity (Wildman–Crippen MR) is 53.9 cm³/mol. The first kappa shape index (κ1) is 16.5. The lowest BCUT2D eigenvalue weighted by molar-refractivity contribution is -0.387. The van der Waals surface area contributed by atoms with Gasteiger partial charge in [0.15, 0.2) is 0 Å². The lowest BCUT2D eigenvalue weighted by Gasteiger charge is -2.11. The summed E-state index contributed by atoms with van der Waals surface area (Å²) in [6, 6.07) is 0.0433. The highest BCUT2D eigenvalue weighted by atomic mass is 19.4. The molecule has 0 amide bonds. The van der Waals surface area contributed by atoms with Crippen LogP contribution in [0.2, 0.25) is 0 Å². The number of carboxylic acid groups (broad SMARTS) is 1. The van der Waals surface area contributed by atoms with Gasteiger partial charge in [-0.05, 0) is 0 Å². The van der Waals surface area contributed by atoms with Crippen molar-refractivity contribution in [2.75, 3.05) is 0 Å². The van der Waals surface area contributed by atoms with Crippen molar-refractivity contribution in [2.24, 2.45) is 0 Å². The summed E-state index contributed by atoms with van der Waals surface area (Å²) in [5.41, 5.74) is -3.84. The maximum Gasteiger partial charge on any atom is 0.574 e. The highest BCUT2D eigenvalue weighted by Gasteiger charge is 2.35. The number of ether oxygens (including phenoxy) is 1. The van der Waals surface area contributed by atoms with Gasteiger partial charge in [-0.25, -0.2) is 13.8 Å². The fraction of sp³-hybridized carbons (Fsp3) is 0.333. The molecule has 0 saturated carbocycles. The number of halogens is 5. The molecule has 0 aliphatic rings. The molecule has 1 aromatic heterocycles. The van der Waals surface area contributed by atoms with Crippen LogP contribution in [-0.2, 0) is 11.2 Å². The highest BCUT2D eigenvalue weighted by Crippen LogP contribution is 2.35. The fourth-order valence-corrected chi connectivity index (χ4v) is 1.40. The number of carboxylic acids is 1. The number of nitrogens with zero attached hydrogens (tertiary/aromatic N) is 2. The second-order valence-electron chi connectivity index (χ2n) is 3.52. The summed E-state index contributed by atoms with van der Waals surface area (Å²) < 4.78 is 64.8. The molecular weight excluding hydrogens is 311 g/mol. The van der Waals surface area contributed by atoms with Crippen molar-refractivity contribution in [1.82, 2.24) is 4.98 Å². The molecule has 116 valence electrons. The van der Waals surface area contributed by atoms with Gasteiger partial charge in [0, 0.05) is 6.07 Å². The van der Waals surface area contributed by atoms with Crippen LogP contribution in [0.4, 0.5) is 27.6 Å². The number of hydrogen-bond donors (Lipinski definition) is 1. The molecule has 0 fully saturated rings. The molecule has 0 atom stereocenters. The topological polar surface area (TPSA) is 103 Å². The van der Waals surface area contributed by atoms with Gasteiger partial charge >= 0.3 is 18.0 Å². The van der Waals surface area contributed by atoms with Crippen LogP contribution in [0.25, 0.3) is 0 Å². The average molecular weight is 316 g/mol. The molecule has 0 saturated heterocycles. The van der Waals surface area contributed by atoms with Gasteiger partial charge in [0.05, 0.1) is 11.3 Å². The molecule has 12 heteroatoms. The third-order valence-corrected chi connectivity index (χ3v) is 2.03. The predicted octanol–water partition coefficient (Wildman–Crippen LogP) is 2.45. The van der Waals surface area contributed by atoms with E-state index < -0.39 is 52.9 Å². The number of aliphatic carboxylic acids is 1. The first-order chi connectivity index (χ1) is 9.51. The van der Waals surface area contributed by atoms with Crippen LogP contribution in [-0.4, -0.2) is 27.3 Å². The largest absolute Gasteiger partial charge is 0.574 e. The van der Waals surface area contributed by atoms with Gasteiger partial charge in [-0.3, -0.25) is 14.9 Å². The molecule has 0 bridgehead atoms. The number of nitro groups is 1. The van der Waals surface area contributed by atoms with E-state index in [4.69, 9.17) is 5.11 Å². The second kappa shape index (κ2) is 5.85. The van der Waals surface area contributed by atoms with Crippen LogP contribution >= 0.6 is 0 Å². The minimum Gasteiger partial charge on any atom is -0.481 e. The molecule has 1 rings (SSSR count). The first-order valence-corrected chi connectivity index (χ1v) is 4.95. The van der Waals surface area contributed by atoms with E-state index in [1.807, 2.05) is 0 Å². The minimum absolute atomic E-state index is 0.0433. The Labute approximate surface area is 112 Å². The third kappa shape index (κ3) is 4.50. The van der Waals surface area contributed by atoms with E-state index in [9.17, 15) is 36.9 Å². The fourth-order valence-electron chi connectivity index (χ4n) is 1.40. The van der Waals surface area contributed by atoms with E-state index in [2.05, 4.69) is 9.72 Å². The minimum atomic E-state index is -5.27. The molecule has 0 aliphatic heterocycles. The Morgan fingerprint density at radius 2 is 2.05 bits per heavy atom. The van der Waals surface area contributed by atoms with Crippen molar-refractivity contribution >= 4 is 11.7 Å². The van der Waals surface area contributed by atoms with Gasteiger partial charge in [0.1, 0.15) is 11.3 Å². The second-order valence-corrected chi connectivity index (χ2v) is 3.52. The van der Waals surface area contributed by atoms with Crippen LogP contribution in [0, 0.1) is 10.1 Å². The van der Waals surface area contributed by atoms with Gasteiger partial charge < -0.3 is 9.84 Å². The Hall–Kier alpha value is -2.53. The molecule has 1 heterocycles. The molecule has 0 aromatic carbocycles. The van der Waals surface area contributed by atoms with E-state index in [1.54, 1.807) is 0 Å². The Morgan fingerprint density at radius 1 is 1.48 bits per heavy atom. The van der Waals surface area contributed by atoms with Gasteiger partial charge in [-0.1, -0.05) is 0 Å². The van der Waals surface area contributed by atoms with Crippen LogP contribution in [0.3, 0.4) is 0 Å². The standard InChI is InChI=1S/C9H5F5N2O5/c10-8(11)3-1-5(21-9(12,13)14)15-4(2-6(17)18)7(3)16(19)20/h1,8H,2H2,(H,17,18). The van der Waals surface area contributed by atoms with E-state index in [1.165, 1.54) is 0 Å². The Kier molecular flexibility index (Phi) is 4.60. The van der Waals surface area contributed by atoms with Gasteiger partial charge in [-0.2, -0.15) is 0 Å². The van der Waals surface area contributed by atoms with Crippen LogP contribution in [0.5, 0.6) is 5.88 Å². The van der Waals surface area contributed by atoms with E-state index in [-0.39, 0.29) is 6.07 Å². The van der Waals surface area contributed by atoms with Gasteiger partial charge in [0.25, 0.3) is 6.43 Å². The maximum absolute atomic E-state index is 12.7. The smallest absolute Gasteiger partial charge is 0.481 e. The normalized spacial score (nSPS) is 11.5. The monoisotopic (exact) mass is 316 g/mol. The molecule has 21 heavy (non-hydrogen) atoms. The number of hydrogen-bond acceptors (Lipinski definition) is 5. The van der Waals surface area contributed by atoms with Crippen molar-refractivity contribution in [2.45, 2.75) is 19.2 Å². The summed E-state index contributed by atoms with van der Waals surface area (Å²) in [7, 11) is 0. The highest BCUT2D eigenvalue weighted by molar-refractivity contribution is 5.71. The molecule has 1 aromatic rings. The van der Waals surface area contributed by atoms with Crippen molar-refractivity contribution in [3.8, 4) is 5.88 Å². The van der Waals surface area contributed by atoms with E-state index >= 15 is 0 Å². The molecule has 0 unspecified atom stereocenters.